The average Bonchev–Trinajstić information content (AvgIpc) is 2.38. The molecule has 0 saturated carbocycles. The van der Waals surface area contributed by atoms with Crippen LogP contribution in [0.3, 0.4) is 0 Å². The van der Waals surface area contributed by atoms with E-state index in [1.54, 1.807) is 12.1 Å². The SMILES string of the molecule is CC(C)c1ccc(N=Nc2c(O)[nH]c(=O)[nH]c2=O)cc1. The van der Waals surface area contributed by atoms with Crippen LogP contribution in [0, 0.1) is 0 Å². The van der Waals surface area contributed by atoms with E-state index in [2.05, 4.69) is 24.1 Å². The van der Waals surface area contributed by atoms with Gasteiger partial charge in [0.2, 0.25) is 11.6 Å². The molecule has 7 nitrogen and oxygen atoms in total. The third-order valence-electron chi connectivity index (χ3n) is 2.72. The molecule has 1 aromatic heterocycles. The molecule has 0 aliphatic rings. The lowest BCUT2D eigenvalue weighted by Crippen LogP contribution is -2.20. The smallest absolute Gasteiger partial charge is 0.328 e. The molecule has 1 heterocycles. The molecule has 2 rings (SSSR count). The predicted molar refractivity (Wildman–Crippen MR) is 74.1 cm³/mol. The highest BCUT2D eigenvalue weighted by Gasteiger charge is 2.07. The normalized spacial score (nSPS) is 11.3. The number of aromatic nitrogens is 2. The number of azo groups is 1. The first-order valence-electron chi connectivity index (χ1n) is 6.04. The van der Waals surface area contributed by atoms with Gasteiger partial charge in [-0.3, -0.25) is 14.8 Å². The molecule has 0 bridgehead atoms. The van der Waals surface area contributed by atoms with Crippen molar-refractivity contribution < 1.29 is 5.11 Å². The summed E-state index contributed by atoms with van der Waals surface area (Å²) in [7, 11) is 0. The summed E-state index contributed by atoms with van der Waals surface area (Å²) in [6.45, 7) is 4.16. The molecule has 0 fully saturated rings. The van der Waals surface area contributed by atoms with Crippen LogP contribution in [0.1, 0.15) is 25.3 Å². The highest BCUT2D eigenvalue weighted by Crippen LogP contribution is 2.22. The summed E-state index contributed by atoms with van der Waals surface area (Å²) in [6.07, 6.45) is 0. The Morgan fingerprint density at radius 3 is 2.25 bits per heavy atom. The molecule has 0 amide bonds. The van der Waals surface area contributed by atoms with E-state index >= 15 is 0 Å². The zero-order chi connectivity index (χ0) is 14.7. The lowest BCUT2D eigenvalue weighted by Gasteiger charge is -2.03. The minimum Gasteiger partial charge on any atom is -0.493 e. The van der Waals surface area contributed by atoms with E-state index in [1.807, 2.05) is 22.1 Å². The Balaban J connectivity index is 2.30. The Kier molecular flexibility index (Phi) is 3.79. The summed E-state index contributed by atoms with van der Waals surface area (Å²) < 4.78 is 0. The second-order valence-electron chi connectivity index (χ2n) is 4.55. The van der Waals surface area contributed by atoms with E-state index in [1.165, 1.54) is 0 Å². The van der Waals surface area contributed by atoms with Gasteiger partial charge in [0.15, 0.2) is 0 Å². The van der Waals surface area contributed by atoms with Crippen LogP contribution in [0.2, 0.25) is 0 Å². The quantitative estimate of drug-likeness (QED) is 0.746. The van der Waals surface area contributed by atoms with Crippen molar-refractivity contribution in [2.45, 2.75) is 19.8 Å². The third kappa shape index (κ3) is 3.00. The molecular weight excluding hydrogens is 260 g/mol. The lowest BCUT2D eigenvalue weighted by molar-refractivity contribution is 0.450. The van der Waals surface area contributed by atoms with Crippen LogP contribution in [0.4, 0.5) is 11.4 Å². The molecular formula is C13H14N4O3. The van der Waals surface area contributed by atoms with Crippen LogP contribution in [0.25, 0.3) is 0 Å². The summed E-state index contributed by atoms with van der Waals surface area (Å²) in [5.74, 6) is -0.201. The van der Waals surface area contributed by atoms with Gasteiger partial charge >= 0.3 is 5.69 Å². The summed E-state index contributed by atoms with van der Waals surface area (Å²) >= 11 is 0. The van der Waals surface area contributed by atoms with Crippen LogP contribution >= 0.6 is 0 Å². The first-order valence-corrected chi connectivity index (χ1v) is 6.04. The first kappa shape index (κ1) is 13.7. The minimum atomic E-state index is -0.798. The van der Waals surface area contributed by atoms with Crippen molar-refractivity contribution in [2.24, 2.45) is 10.2 Å². The van der Waals surface area contributed by atoms with E-state index in [4.69, 9.17) is 0 Å². The molecule has 0 unspecified atom stereocenters. The number of aromatic amines is 2. The summed E-state index contributed by atoms with van der Waals surface area (Å²) in [5, 5.41) is 16.9. The van der Waals surface area contributed by atoms with Crippen molar-refractivity contribution in [2.75, 3.05) is 0 Å². The zero-order valence-corrected chi connectivity index (χ0v) is 11.0. The zero-order valence-electron chi connectivity index (χ0n) is 11.0. The molecule has 0 saturated heterocycles. The van der Waals surface area contributed by atoms with Crippen molar-refractivity contribution in [3.8, 4) is 5.88 Å². The van der Waals surface area contributed by atoms with Crippen LogP contribution in [0.5, 0.6) is 5.88 Å². The van der Waals surface area contributed by atoms with E-state index in [0.29, 0.717) is 11.6 Å². The fourth-order valence-corrected chi connectivity index (χ4v) is 1.59. The molecule has 20 heavy (non-hydrogen) atoms. The van der Waals surface area contributed by atoms with E-state index in [-0.39, 0.29) is 5.69 Å². The van der Waals surface area contributed by atoms with Gasteiger partial charge in [0, 0.05) is 0 Å². The number of hydrogen-bond donors (Lipinski definition) is 3. The van der Waals surface area contributed by atoms with Gasteiger partial charge in [0.1, 0.15) is 0 Å². The van der Waals surface area contributed by atoms with E-state index < -0.39 is 17.1 Å². The highest BCUT2D eigenvalue weighted by molar-refractivity contribution is 5.44. The second-order valence-corrected chi connectivity index (χ2v) is 4.55. The van der Waals surface area contributed by atoms with Crippen molar-refractivity contribution >= 4 is 11.4 Å². The van der Waals surface area contributed by atoms with E-state index in [9.17, 15) is 14.7 Å². The Bertz CT molecular complexity index is 741. The van der Waals surface area contributed by atoms with Gasteiger partial charge in [-0.15, -0.1) is 5.11 Å². The Morgan fingerprint density at radius 2 is 1.70 bits per heavy atom. The van der Waals surface area contributed by atoms with Crippen molar-refractivity contribution in [1.82, 2.24) is 9.97 Å². The van der Waals surface area contributed by atoms with Gasteiger partial charge in [-0.25, -0.2) is 4.79 Å². The van der Waals surface area contributed by atoms with Crippen molar-refractivity contribution in [1.29, 1.82) is 0 Å². The van der Waals surface area contributed by atoms with Crippen LogP contribution in [-0.2, 0) is 0 Å². The largest absolute Gasteiger partial charge is 0.493 e. The van der Waals surface area contributed by atoms with Crippen LogP contribution in [0.15, 0.2) is 44.1 Å². The number of rotatable bonds is 3. The molecule has 2 aromatic rings. The highest BCUT2D eigenvalue weighted by atomic mass is 16.3. The van der Waals surface area contributed by atoms with Gasteiger partial charge in [0.25, 0.3) is 5.56 Å². The average molecular weight is 274 g/mol. The van der Waals surface area contributed by atoms with Crippen LogP contribution in [-0.4, -0.2) is 15.1 Å². The summed E-state index contributed by atoms with van der Waals surface area (Å²) in [5.41, 5.74) is -0.229. The molecule has 3 N–H and O–H groups in total. The number of aromatic hydroxyl groups is 1. The van der Waals surface area contributed by atoms with Crippen molar-refractivity contribution in [3.63, 3.8) is 0 Å². The minimum absolute atomic E-state index is 0.336. The fourth-order valence-electron chi connectivity index (χ4n) is 1.59. The number of hydrogen-bond acceptors (Lipinski definition) is 5. The second kappa shape index (κ2) is 5.52. The maximum atomic E-state index is 11.4. The summed E-state index contributed by atoms with van der Waals surface area (Å²) in [6, 6.07) is 7.34. The lowest BCUT2D eigenvalue weighted by atomic mass is 10.0. The number of nitrogens with zero attached hydrogens (tertiary/aromatic N) is 2. The Hall–Kier alpha value is -2.70. The third-order valence-corrected chi connectivity index (χ3v) is 2.72. The Labute approximate surface area is 114 Å². The molecule has 0 aliphatic carbocycles. The monoisotopic (exact) mass is 274 g/mol. The summed E-state index contributed by atoms with van der Waals surface area (Å²) in [4.78, 5) is 26.3. The van der Waals surface area contributed by atoms with Gasteiger partial charge < -0.3 is 5.11 Å². The maximum Gasteiger partial charge on any atom is 0.328 e. The Morgan fingerprint density at radius 1 is 1.05 bits per heavy atom. The maximum absolute atomic E-state index is 11.4. The molecule has 104 valence electrons. The molecule has 1 aromatic carbocycles. The van der Waals surface area contributed by atoms with Gasteiger partial charge in [0.05, 0.1) is 5.69 Å². The fraction of sp³-hybridized carbons (Fsp3) is 0.231. The molecule has 0 radical (unpaired) electrons. The molecule has 7 heteroatoms. The topological polar surface area (TPSA) is 111 Å². The number of nitrogens with one attached hydrogen (secondary N) is 2. The number of H-pyrrole nitrogens is 2. The molecule has 0 atom stereocenters. The standard InChI is InChI=1S/C13H14N4O3/c1-7(2)8-3-5-9(6-4-8)16-17-10-11(18)14-13(20)15-12(10)19/h3-7H,1-2H3,(H3,14,15,18,19,20). The van der Waals surface area contributed by atoms with Gasteiger partial charge in [-0.05, 0) is 23.6 Å². The van der Waals surface area contributed by atoms with E-state index in [0.717, 1.165) is 5.56 Å². The molecule has 0 aliphatic heterocycles. The van der Waals surface area contributed by atoms with Crippen LogP contribution < -0.4 is 11.2 Å². The van der Waals surface area contributed by atoms with Gasteiger partial charge in [-0.2, -0.15) is 5.11 Å². The predicted octanol–water partition coefficient (Wildman–Crippen LogP) is 2.31. The van der Waals surface area contributed by atoms with Crippen molar-refractivity contribution in [3.05, 3.63) is 50.7 Å². The van der Waals surface area contributed by atoms with Gasteiger partial charge in [-0.1, -0.05) is 26.0 Å². The first-order chi connectivity index (χ1) is 9.47. The number of benzene rings is 1. The molecule has 0 spiro atoms.